The van der Waals surface area contributed by atoms with E-state index in [2.05, 4.69) is 11.8 Å². The Morgan fingerprint density at radius 2 is 1.66 bits per heavy atom. The highest BCUT2D eigenvalue weighted by Gasteiger charge is 2.59. The summed E-state index contributed by atoms with van der Waals surface area (Å²) in [5.41, 5.74) is 0.818. The number of carbonyl (C=O) groups is 2. The van der Waals surface area contributed by atoms with Gasteiger partial charge in [-0.05, 0) is 36.9 Å². The van der Waals surface area contributed by atoms with E-state index < -0.39 is 4.92 Å². The Balaban J connectivity index is 1.45. The van der Waals surface area contributed by atoms with Crippen LogP contribution < -0.4 is 9.80 Å². The van der Waals surface area contributed by atoms with Crippen LogP contribution in [0.2, 0.25) is 0 Å². The molecule has 2 saturated heterocycles. The van der Waals surface area contributed by atoms with Gasteiger partial charge in [-0.1, -0.05) is 19.1 Å². The molecule has 0 N–H and O–H groups in total. The zero-order chi connectivity index (χ0) is 20.3. The molecule has 29 heavy (non-hydrogen) atoms. The van der Waals surface area contributed by atoms with Crippen molar-refractivity contribution in [2.24, 2.45) is 23.7 Å². The van der Waals surface area contributed by atoms with Gasteiger partial charge in [0.15, 0.2) is 0 Å². The SMILES string of the molecule is CCN1CCN(c2ccc(N3C(=O)[C@@H]4[C@H](C3=O)[C@H]3C=C[C@H]4C3)cc2[N+](=O)[O-])CC1. The van der Waals surface area contributed by atoms with Crippen LogP contribution in [-0.4, -0.2) is 54.4 Å². The van der Waals surface area contributed by atoms with E-state index in [4.69, 9.17) is 0 Å². The maximum Gasteiger partial charge on any atom is 0.294 e. The summed E-state index contributed by atoms with van der Waals surface area (Å²) in [5, 5.41) is 11.8. The van der Waals surface area contributed by atoms with E-state index in [1.807, 2.05) is 17.1 Å². The zero-order valence-electron chi connectivity index (χ0n) is 16.4. The van der Waals surface area contributed by atoms with Crippen molar-refractivity contribution < 1.29 is 14.5 Å². The number of piperazine rings is 1. The Morgan fingerprint density at radius 3 is 2.21 bits per heavy atom. The lowest BCUT2D eigenvalue weighted by Gasteiger charge is -2.35. The smallest absolute Gasteiger partial charge is 0.294 e. The Morgan fingerprint density at radius 1 is 1.03 bits per heavy atom. The summed E-state index contributed by atoms with van der Waals surface area (Å²) in [6.45, 7) is 6.22. The minimum absolute atomic E-state index is 0.0498. The van der Waals surface area contributed by atoms with E-state index in [0.717, 1.165) is 39.1 Å². The molecule has 2 amide bonds. The van der Waals surface area contributed by atoms with Crippen LogP contribution in [0.25, 0.3) is 0 Å². The number of nitrogens with zero attached hydrogens (tertiary/aromatic N) is 4. The Labute approximate surface area is 168 Å². The summed E-state index contributed by atoms with van der Waals surface area (Å²) < 4.78 is 0. The Bertz CT molecular complexity index is 891. The first-order valence-corrected chi connectivity index (χ1v) is 10.3. The maximum absolute atomic E-state index is 13.0. The highest BCUT2D eigenvalue weighted by atomic mass is 16.6. The van der Waals surface area contributed by atoms with Crippen molar-refractivity contribution in [2.75, 3.05) is 42.5 Å². The lowest BCUT2D eigenvalue weighted by Crippen LogP contribution is -2.46. The van der Waals surface area contributed by atoms with Gasteiger partial charge >= 0.3 is 0 Å². The molecule has 8 nitrogen and oxygen atoms in total. The van der Waals surface area contributed by atoms with Crippen molar-refractivity contribution in [2.45, 2.75) is 13.3 Å². The van der Waals surface area contributed by atoms with Gasteiger partial charge in [-0.3, -0.25) is 19.7 Å². The van der Waals surface area contributed by atoms with Crippen LogP contribution in [0.1, 0.15) is 13.3 Å². The lowest BCUT2D eigenvalue weighted by atomic mass is 9.85. The standard InChI is InChI=1S/C21H24N4O4/c1-2-22-7-9-23(10-8-22)16-6-5-15(12-17(16)25(28)29)24-20(26)18-13-3-4-14(11-13)19(18)21(24)27/h3-6,12-14,18-19H,2,7-11H2,1H3/t13-,14-,18-,19+/m0/s1. The van der Waals surface area contributed by atoms with Crippen LogP contribution in [0.3, 0.4) is 0 Å². The van der Waals surface area contributed by atoms with Gasteiger partial charge in [0.2, 0.25) is 11.8 Å². The van der Waals surface area contributed by atoms with Crippen LogP contribution in [0.4, 0.5) is 17.1 Å². The number of rotatable bonds is 4. The molecule has 3 fully saturated rings. The highest BCUT2D eigenvalue weighted by molar-refractivity contribution is 6.23. The number of imide groups is 1. The number of allylic oxidation sites excluding steroid dienone is 2. The van der Waals surface area contributed by atoms with E-state index in [1.54, 1.807) is 12.1 Å². The molecule has 2 bridgehead atoms. The third-order valence-corrected chi connectivity index (χ3v) is 7.04. The lowest BCUT2D eigenvalue weighted by molar-refractivity contribution is -0.384. The van der Waals surface area contributed by atoms with Crippen molar-refractivity contribution in [1.82, 2.24) is 4.90 Å². The number of hydrogen-bond acceptors (Lipinski definition) is 6. The van der Waals surface area contributed by atoms with E-state index in [9.17, 15) is 19.7 Å². The summed E-state index contributed by atoms with van der Waals surface area (Å²) in [7, 11) is 0. The maximum atomic E-state index is 13.0. The summed E-state index contributed by atoms with van der Waals surface area (Å²) in [4.78, 5) is 42.9. The van der Waals surface area contributed by atoms with Crippen molar-refractivity contribution in [1.29, 1.82) is 0 Å². The van der Waals surface area contributed by atoms with Gasteiger partial charge in [0.1, 0.15) is 5.69 Å². The number of nitro benzene ring substituents is 1. The molecule has 5 rings (SSSR count). The Hall–Kier alpha value is -2.74. The van der Waals surface area contributed by atoms with E-state index >= 15 is 0 Å². The number of anilines is 2. The molecule has 1 aromatic carbocycles. The number of carbonyl (C=O) groups excluding carboxylic acids is 2. The number of likely N-dealkylation sites (N-methyl/N-ethyl adjacent to an activating group) is 1. The highest BCUT2D eigenvalue weighted by Crippen LogP contribution is 2.53. The van der Waals surface area contributed by atoms with Gasteiger partial charge in [0, 0.05) is 32.2 Å². The van der Waals surface area contributed by atoms with Crippen LogP contribution >= 0.6 is 0 Å². The fourth-order valence-corrected chi connectivity index (χ4v) is 5.53. The predicted octanol–water partition coefficient (Wildman–Crippen LogP) is 2.05. The summed E-state index contributed by atoms with van der Waals surface area (Å²) in [5.74, 6) is -0.797. The van der Waals surface area contributed by atoms with Gasteiger partial charge in [-0.15, -0.1) is 0 Å². The molecule has 1 aromatic rings. The van der Waals surface area contributed by atoms with Crippen molar-refractivity contribution >= 4 is 28.9 Å². The molecule has 1 saturated carbocycles. The number of fused-ring (bicyclic) bond motifs is 5. The van der Waals surface area contributed by atoms with Gasteiger partial charge in [0.05, 0.1) is 22.4 Å². The van der Waals surface area contributed by atoms with Gasteiger partial charge < -0.3 is 9.80 Å². The zero-order valence-corrected chi connectivity index (χ0v) is 16.4. The van der Waals surface area contributed by atoms with Crippen LogP contribution in [0.5, 0.6) is 0 Å². The quantitative estimate of drug-likeness (QED) is 0.335. The molecule has 4 atom stereocenters. The molecule has 0 unspecified atom stereocenters. The monoisotopic (exact) mass is 396 g/mol. The van der Waals surface area contributed by atoms with Gasteiger partial charge in [-0.2, -0.15) is 0 Å². The second kappa shape index (κ2) is 6.66. The summed E-state index contributed by atoms with van der Waals surface area (Å²) in [6.07, 6.45) is 4.95. The molecule has 152 valence electrons. The van der Waals surface area contributed by atoms with E-state index in [0.29, 0.717) is 11.4 Å². The minimum atomic E-state index is -0.415. The molecule has 8 heteroatoms. The molecule has 2 aliphatic heterocycles. The van der Waals surface area contributed by atoms with E-state index in [-0.39, 0.29) is 41.2 Å². The van der Waals surface area contributed by atoms with Crippen molar-refractivity contribution in [3.05, 3.63) is 40.5 Å². The van der Waals surface area contributed by atoms with Crippen molar-refractivity contribution in [3.8, 4) is 0 Å². The van der Waals surface area contributed by atoms with E-state index in [1.165, 1.54) is 11.0 Å². The second-order valence-corrected chi connectivity index (χ2v) is 8.36. The molecule has 2 heterocycles. The molecule has 0 aromatic heterocycles. The number of amides is 2. The fraction of sp³-hybridized carbons (Fsp3) is 0.524. The molecule has 0 radical (unpaired) electrons. The molecular weight excluding hydrogens is 372 g/mol. The first-order valence-electron chi connectivity index (χ1n) is 10.3. The number of hydrogen-bond donors (Lipinski definition) is 0. The first kappa shape index (κ1) is 18.3. The third-order valence-electron chi connectivity index (χ3n) is 7.04. The van der Waals surface area contributed by atoms with Crippen LogP contribution in [0.15, 0.2) is 30.4 Å². The molecule has 2 aliphatic carbocycles. The van der Waals surface area contributed by atoms with Gasteiger partial charge in [-0.25, -0.2) is 4.90 Å². The average molecular weight is 396 g/mol. The summed E-state index contributed by atoms with van der Waals surface area (Å²) in [6, 6.07) is 4.77. The summed E-state index contributed by atoms with van der Waals surface area (Å²) >= 11 is 0. The topological polar surface area (TPSA) is 87.0 Å². The van der Waals surface area contributed by atoms with Crippen LogP contribution in [-0.2, 0) is 9.59 Å². The average Bonchev–Trinajstić information content (AvgIpc) is 3.41. The minimum Gasteiger partial charge on any atom is -0.363 e. The second-order valence-electron chi connectivity index (χ2n) is 8.36. The largest absolute Gasteiger partial charge is 0.363 e. The number of nitro groups is 1. The number of benzene rings is 1. The molecule has 4 aliphatic rings. The van der Waals surface area contributed by atoms with Crippen LogP contribution in [0, 0.1) is 33.8 Å². The van der Waals surface area contributed by atoms with Crippen molar-refractivity contribution in [3.63, 3.8) is 0 Å². The predicted molar refractivity (Wildman–Crippen MR) is 108 cm³/mol. The molecular formula is C21H24N4O4. The first-order chi connectivity index (χ1) is 14.0. The molecule has 0 spiro atoms. The Kier molecular flexibility index (Phi) is 4.20. The normalized spacial score (nSPS) is 31.1. The fourth-order valence-electron chi connectivity index (χ4n) is 5.53. The van der Waals surface area contributed by atoms with Gasteiger partial charge in [0.25, 0.3) is 5.69 Å². The third kappa shape index (κ3) is 2.69.